The van der Waals surface area contributed by atoms with E-state index in [1.165, 1.54) is 20.8 Å². The zero-order valence-electron chi connectivity index (χ0n) is 18.3. The normalized spacial score (nSPS) is 11.9. The van der Waals surface area contributed by atoms with Crippen molar-refractivity contribution in [3.05, 3.63) is 70.0 Å². The van der Waals surface area contributed by atoms with E-state index in [1.54, 1.807) is 24.3 Å². The van der Waals surface area contributed by atoms with Gasteiger partial charge in [0, 0.05) is 12.1 Å². The highest BCUT2D eigenvalue weighted by Gasteiger charge is 2.38. The number of carboxylic acid groups (broad SMARTS) is 1. The van der Waals surface area contributed by atoms with Crippen molar-refractivity contribution in [2.45, 2.75) is 39.1 Å². The number of nitrogens with zero attached hydrogens (tertiary/aromatic N) is 1. The van der Waals surface area contributed by atoms with Crippen LogP contribution in [0.2, 0.25) is 0 Å². The van der Waals surface area contributed by atoms with E-state index in [-0.39, 0.29) is 22.1 Å². The topological polar surface area (TPSA) is 88.5 Å². The maximum Gasteiger partial charge on any atom is 0.419 e. The van der Waals surface area contributed by atoms with Crippen LogP contribution in [0.15, 0.2) is 42.5 Å². The fraction of sp³-hybridized carbons (Fsp3) is 0.261. The molecule has 0 aliphatic heterocycles. The Kier molecular flexibility index (Phi) is 6.97. The third-order valence-electron chi connectivity index (χ3n) is 4.79. The van der Waals surface area contributed by atoms with Crippen molar-refractivity contribution < 1.29 is 37.0 Å². The molecule has 0 spiro atoms. The number of halogens is 4. The van der Waals surface area contributed by atoms with E-state index in [1.807, 2.05) is 0 Å². The van der Waals surface area contributed by atoms with Gasteiger partial charge in [-0.2, -0.15) is 13.2 Å². The first-order chi connectivity index (χ1) is 15.8. The number of hydrogen-bond donors (Lipinski definition) is 2. The maximum atomic E-state index is 13.9. The minimum atomic E-state index is -4.92. The van der Waals surface area contributed by atoms with Crippen LogP contribution in [0, 0.1) is 12.7 Å². The van der Waals surface area contributed by atoms with Crippen LogP contribution in [0.1, 0.15) is 40.3 Å². The summed E-state index contributed by atoms with van der Waals surface area (Å²) in [5.41, 5.74) is -2.37. The smallest absolute Gasteiger partial charge is 0.419 e. The highest BCUT2D eigenvalue weighted by Crippen LogP contribution is 2.40. The number of hydrogen-bond acceptors (Lipinski definition) is 5. The van der Waals surface area contributed by atoms with Crippen molar-refractivity contribution in [3.8, 4) is 16.3 Å². The first-order valence-electron chi connectivity index (χ1n) is 9.92. The zero-order chi connectivity index (χ0) is 25.3. The van der Waals surface area contributed by atoms with E-state index in [0.29, 0.717) is 11.3 Å². The van der Waals surface area contributed by atoms with Crippen LogP contribution in [0.3, 0.4) is 0 Å². The molecule has 1 amide bonds. The Morgan fingerprint density at radius 2 is 1.76 bits per heavy atom. The van der Waals surface area contributed by atoms with E-state index in [0.717, 1.165) is 29.5 Å². The Labute approximate surface area is 196 Å². The summed E-state index contributed by atoms with van der Waals surface area (Å²) in [5.74, 6) is -2.74. The number of aromatic nitrogens is 1. The van der Waals surface area contributed by atoms with Crippen LogP contribution in [0.25, 0.3) is 10.6 Å². The molecule has 0 fully saturated rings. The predicted molar refractivity (Wildman–Crippen MR) is 117 cm³/mol. The molecule has 6 nitrogen and oxygen atoms in total. The molecule has 11 heteroatoms. The summed E-state index contributed by atoms with van der Waals surface area (Å²) in [6.07, 6.45) is -4.92. The molecule has 0 saturated heterocycles. The van der Waals surface area contributed by atoms with Gasteiger partial charge in [0.25, 0.3) is 5.91 Å². The fourth-order valence-electron chi connectivity index (χ4n) is 2.99. The van der Waals surface area contributed by atoms with Gasteiger partial charge in [-0.25, -0.2) is 14.2 Å². The molecular formula is C23H20F4N2O4S. The van der Waals surface area contributed by atoms with E-state index in [4.69, 9.17) is 9.84 Å². The number of amides is 1. The lowest BCUT2D eigenvalue weighted by Crippen LogP contribution is -2.37. The molecule has 2 N–H and O–H groups in total. The van der Waals surface area contributed by atoms with Crippen molar-refractivity contribution in [1.82, 2.24) is 10.3 Å². The number of benzene rings is 2. The molecule has 0 atom stereocenters. The molecule has 0 aliphatic rings. The van der Waals surface area contributed by atoms with Crippen LogP contribution in [0.5, 0.6) is 5.75 Å². The van der Waals surface area contributed by atoms with Crippen molar-refractivity contribution in [1.29, 1.82) is 0 Å². The SMILES string of the molecule is Cc1nc(-c2cccc(F)c2C(F)(F)F)sc1C(=O)NCc1ccc(OC(C)(C)C(=O)O)cc1. The molecule has 1 heterocycles. The van der Waals surface area contributed by atoms with E-state index in [9.17, 15) is 27.2 Å². The molecule has 0 saturated carbocycles. The highest BCUT2D eigenvalue weighted by atomic mass is 32.1. The molecule has 0 aliphatic carbocycles. The van der Waals surface area contributed by atoms with Crippen molar-refractivity contribution in [2.75, 3.05) is 0 Å². The lowest BCUT2D eigenvalue weighted by atomic mass is 10.1. The van der Waals surface area contributed by atoms with Gasteiger partial charge < -0.3 is 15.2 Å². The first-order valence-corrected chi connectivity index (χ1v) is 10.7. The number of nitrogens with one attached hydrogen (secondary N) is 1. The summed E-state index contributed by atoms with van der Waals surface area (Å²) < 4.78 is 59.4. The van der Waals surface area contributed by atoms with Crippen LogP contribution in [-0.4, -0.2) is 27.6 Å². The van der Waals surface area contributed by atoms with Crippen molar-refractivity contribution in [2.24, 2.45) is 0 Å². The number of aryl methyl sites for hydroxylation is 1. The number of ether oxygens (including phenoxy) is 1. The summed E-state index contributed by atoms with van der Waals surface area (Å²) in [4.78, 5) is 28.0. The molecule has 34 heavy (non-hydrogen) atoms. The fourth-order valence-corrected chi connectivity index (χ4v) is 4.00. The third kappa shape index (κ3) is 5.53. The Hall–Kier alpha value is -3.47. The number of thiazole rings is 1. The van der Waals surface area contributed by atoms with Gasteiger partial charge in [0.15, 0.2) is 5.60 Å². The van der Waals surface area contributed by atoms with Gasteiger partial charge in [0.05, 0.1) is 5.69 Å². The van der Waals surface area contributed by atoms with Gasteiger partial charge in [-0.05, 0) is 44.5 Å². The monoisotopic (exact) mass is 496 g/mol. The molecule has 0 unspecified atom stereocenters. The highest BCUT2D eigenvalue weighted by molar-refractivity contribution is 7.17. The second kappa shape index (κ2) is 9.41. The van der Waals surface area contributed by atoms with Gasteiger partial charge in [-0.15, -0.1) is 11.3 Å². The van der Waals surface area contributed by atoms with Gasteiger partial charge in [0.2, 0.25) is 0 Å². The van der Waals surface area contributed by atoms with E-state index in [2.05, 4.69) is 10.3 Å². The Bertz CT molecular complexity index is 1220. The van der Waals surface area contributed by atoms with Gasteiger partial charge in [-0.3, -0.25) is 4.79 Å². The number of aliphatic carboxylic acids is 1. The Morgan fingerprint density at radius 1 is 1.12 bits per heavy atom. The van der Waals surface area contributed by atoms with E-state index < -0.39 is 40.6 Å². The molecule has 0 radical (unpaired) electrons. The van der Waals surface area contributed by atoms with Crippen molar-refractivity contribution in [3.63, 3.8) is 0 Å². The Balaban J connectivity index is 1.74. The predicted octanol–water partition coefficient (Wildman–Crippen LogP) is 5.45. The standard InChI is InChI=1S/C23H20F4N2O4S/c1-12-18(34-20(29-12)15-5-4-6-16(24)17(15)23(25,26)27)19(30)28-11-13-7-9-14(10-8-13)33-22(2,3)21(31)32/h4-10H,11H2,1-3H3,(H,28,30)(H,31,32). The lowest BCUT2D eigenvalue weighted by Gasteiger charge is -2.21. The summed E-state index contributed by atoms with van der Waals surface area (Å²) >= 11 is 0.741. The Morgan fingerprint density at radius 3 is 2.35 bits per heavy atom. The van der Waals surface area contributed by atoms with Crippen LogP contribution in [-0.2, 0) is 17.5 Å². The number of carbonyl (C=O) groups excluding carboxylic acids is 1. The molecule has 3 rings (SSSR count). The minimum Gasteiger partial charge on any atom is -0.478 e. The average molecular weight is 496 g/mol. The molecule has 3 aromatic rings. The number of carbonyl (C=O) groups is 2. The number of carboxylic acids is 1. The van der Waals surface area contributed by atoms with Crippen molar-refractivity contribution >= 4 is 23.2 Å². The summed E-state index contributed by atoms with van der Waals surface area (Å²) in [7, 11) is 0. The van der Waals surface area contributed by atoms with Crippen LogP contribution < -0.4 is 10.1 Å². The van der Waals surface area contributed by atoms with Gasteiger partial charge >= 0.3 is 12.1 Å². The largest absolute Gasteiger partial charge is 0.478 e. The summed E-state index contributed by atoms with van der Waals surface area (Å²) in [6, 6.07) is 9.39. The molecule has 1 aromatic heterocycles. The lowest BCUT2D eigenvalue weighted by molar-refractivity contribution is -0.152. The molecule has 180 valence electrons. The number of rotatable bonds is 7. The molecule has 0 bridgehead atoms. The minimum absolute atomic E-state index is 0.0991. The second-order valence-electron chi connectivity index (χ2n) is 7.84. The summed E-state index contributed by atoms with van der Waals surface area (Å²) in [6.45, 7) is 4.41. The number of alkyl halides is 3. The average Bonchev–Trinajstić information content (AvgIpc) is 3.13. The molecular weight excluding hydrogens is 476 g/mol. The first kappa shape index (κ1) is 25.2. The van der Waals surface area contributed by atoms with Crippen LogP contribution >= 0.6 is 11.3 Å². The third-order valence-corrected chi connectivity index (χ3v) is 5.98. The zero-order valence-corrected chi connectivity index (χ0v) is 19.1. The van der Waals surface area contributed by atoms with Crippen LogP contribution in [0.4, 0.5) is 17.6 Å². The quantitative estimate of drug-likeness (QED) is 0.425. The second-order valence-corrected chi connectivity index (χ2v) is 8.84. The molecule has 2 aromatic carbocycles. The maximum absolute atomic E-state index is 13.9. The van der Waals surface area contributed by atoms with Gasteiger partial charge in [-0.1, -0.05) is 24.3 Å². The van der Waals surface area contributed by atoms with Gasteiger partial charge in [0.1, 0.15) is 27.0 Å². The van der Waals surface area contributed by atoms with E-state index >= 15 is 0 Å². The summed E-state index contributed by atoms with van der Waals surface area (Å²) in [5, 5.41) is 11.7.